The molecule has 0 saturated heterocycles. The van der Waals surface area contributed by atoms with Gasteiger partial charge in [-0.25, -0.2) is 4.98 Å². The molecule has 0 fully saturated rings. The minimum atomic E-state index is -0.424. The van der Waals surface area contributed by atoms with Crippen molar-refractivity contribution in [2.45, 2.75) is 19.4 Å². The molecule has 6 nitrogen and oxygen atoms in total. The van der Waals surface area contributed by atoms with Gasteiger partial charge in [0.25, 0.3) is 5.69 Å². The van der Waals surface area contributed by atoms with E-state index in [1.54, 1.807) is 6.07 Å². The summed E-state index contributed by atoms with van der Waals surface area (Å²) in [4.78, 5) is 19.7. The molecule has 0 spiro atoms. The number of nitro benzene ring substituents is 1. The van der Waals surface area contributed by atoms with Crippen molar-refractivity contribution >= 4 is 34.3 Å². The lowest BCUT2D eigenvalue weighted by Crippen LogP contribution is -2.43. The number of aromatic amines is 1. The van der Waals surface area contributed by atoms with E-state index in [0.717, 1.165) is 0 Å². The molecule has 0 aliphatic heterocycles. The summed E-state index contributed by atoms with van der Waals surface area (Å²) < 4.78 is 0. The van der Waals surface area contributed by atoms with Crippen LogP contribution in [0.3, 0.4) is 0 Å². The number of non-ortho nitro benzene ring substituents is 1. The zero-order valence-electron chi connectivity index (χ0n) is 11.0. The molecule has 0 aliphatic rings. The van der Waals surface area contributed by atoms with Crippen LogP contribution in [0.25, 0.3) is 11.0 Å². The molecular weight excluding hydrogens is 268 g/mol. The van der Waals surface area contributed by atoms with Crippen LogP contribution in [0.15, 0.2) is 18.2 Å². The SMILES string of the molecule is CN(c1nc2ccc([N+](=O)[O-])cc2[nH]1)C(C)(C)CCl. The second-order valence-corrected chi connectivity index (χ2v) is 5.29. The van der Waals surface area contributed by atoms with Crippen LogP contribution in [0.5, 0.6) is 0 Å². The van der Waals surface area contributed by atoms with Gasteiger partial charge in [0, 0.05) is 25.1 Å². The molecule has 0 saturated carbocycles. The number of imidazole rings is 1. The molecule has 0 amide bonds. The third kappa shape index (κ3) is 2.49. The fraction of sp³-hybridized carbons (Fsp3) is 0.417. The molecule has 1 aromatic heterocycles. The second kappa shape index (κ2) is 4.70. The zero-order valence-corrected chi connectivity index (χ0v) is 11.7. The van der Waals surface area contributed by atoms with E-state index in [4.69, 9.17) is 11.6 Å². The maximum Gasteiger partial charge on any atom is 0.271 e. The highest BCUT2D eigenvalue weighted by Gasteiger charge is 2.25. The molecule has 1 N–H and O–H groups in total. The largest absolute Gasteiger partial charge is 0.339 e. The monoisotopic (exact) mass is 282 g/mol. The Morgan fingerprint density at radius 1 is 1.53 bits per heavy atom. The molecule has 0 aliphatic carbocycles. The molecule has 2 rings (SSSR count). The number of aromatic nitrogens is 2. The first kappa shape index (κ1) is 13.6. The topological polar surface area (TPSA) is 75.1 Å². The van der Waals surface area contributed by atoms with Crippen LogP contribution in [0.1, 0.15) is 13.8 Å². The van der Waals surface area contributed by atoms with Gasteiger partial charge in [-0.1, -0.05) is 0 Å². The molecule has 7 heteroatoms. The van der Waals surface area contributed by atoms with Gasteiger partial charge in [0.15, 0.2) is 0 Å². The second-order valence-electron chi connectivity index (χ2n) is 5.02. The predicted octanol–water partition coefficient (Wildman–Crippen LogP) is 2.92. The first-order valence-electron chi connectivity index (χ1n) is 5.79. The van der Waals surface area contributed by atoms with Crippen LogP contribution < -0.4 is 4.90 Å². The molecule has 2 aromatic rings. The Kier molecular flexibility index (Phi) is 3.36. The van der Waals surface area contributed by atoms with Gasteiger partial charge in [-0.05, 0) is 19.9 Å². The van der Waals surface area contributed by atoms with E-state index in [0.29, 0.717) is 22.9 Å². The number of benzene rings is 1. The Balaban J connectivity index is 2.44. The third-order valence-corrected chi connectivity index (χ3v) is 3.87. The van der Waals surface area contributed by atoms with Gasteiger partial charge in [-0.3, -0.25) is 10.1 Å². The number of halogens is 1. The Bertz CT molecular complexity index is 623. The lowest BCUT2D eigenvalue weighted by molar-refractivity contribution is -0.384. The Morgan fingerprint density at radius 3 is 2.79 bits per heavy atom. The lowest BCUT2D eigenvalue weighted by Gasteiger charge is -2.33. The van der Waals surface area contributed by atoms with Gasteiger partial charge < -0.3 is 9.88 Å². The fourth-order valence-electron chi connectivity index (χ4n) is 1.63. The molecule has 102 valence electrons. The van der Waals surface area contributed by atoms with Crippen LogP contribution in [0.2, 0.25) is 0 Å². The molecule has 1 heterocycles. The number of hydrogen-bond donors (Lipinski definition) is 1. The highest BCUT2D eigenvalue weighted by molar-refractivity contribution is 6.18. The number of nitro groups is 1. The van der Waals surface area contributed by atoms with Crippen LogP contribution in [0.4, 0.5) is 11.6 Å². The first-order valence-corrected chi connectivity index (χ1v) is 6.32. The minimum Gasteiger partial charge on any atom is -0.339 e. The third-order valence-electron chi connectivity index (χ3n) is 3.22. The van der Waals surface area contributed by atoms with Gasteiger partial charge in [0.1, 0.15) is 0 Å². The quantitative estimate of drug-likeness (QED) is 0.531. The maximum absolute atomic E-state index is 10.7. The summed E-state index contributed by atoms with van der Waals surface area (Å²) in [6.07, 6.45) is 0. The summed E-state index contributed by atoms with van der Waals surface area (Å²) in [6.45, 7) is 3.99. The fourth-order valence-corrected chi connectivity index (χ4v) is 1.81. The minimum absolute atomic E-state index is 0.0435. The number of nitrogens with zero attached hydrogens (tertiary/aromatic N) is 3. The van der Waals surface area contributed by atoms with E-state index >= 15 is 0 Å². The van der Waals surface area contributed by atoms with E-state index in [-0.39, 0.29) is 11.2 Å². The summed E-state index contributed by atoms with van der Waals surface area (Å²) in [6, 6.07) is 4.56. The van der Waals surface area contributed by atoms with Crippen molar-refractivity contribution < 1.29 is 4.92 Å². The average Bonchev–Trinajstić information content (AvgIpc) is 2.80. The maximum atomic E-state index is 10.7. The standard InChI is InChI=1S/C12H15ClN4O2/c1-12(2,7-13)16(3)11-14-9-5-4-8(17(18)19)6-10(9)15-11/h4-6H,7H2,1-3H3,(H,14,15). The summed E-state index contributed by atoms with van der Waals surface area (Å²) in [5.74, 6) is 1.09. The highest BCUT2D eigenvalue weighted by atomic mass is 35.5. The van der Waals surface area contributed by atoms with E-state index in [9.17, 15) is 10.1 Å². The van der Waals surface area contributed by atoms with E-state index in [2.05, 4.69) is 9.97 Å². The average molecular weight is 283 g/mol. The molecule has 0 unspecified atom stereocenters. The van der Waals surface area contributed by atoms with Gasteiger partial charge in [0.05, 0.1) is 21.5 Å². The van der Waals surface area contributed by atoms with Crippen molar-refractivity contribution in [3.8, 4) is 0 Å². The van der Waals surface area contributed by atoms with Crippen LogP contribution in [-0.2, 0) is 0 Å². The molecule has 0 atom stereocenters. The van der Waals surface area contributed by atoms with Crippen molar-refractivity contribution in [3.63, 3.8) is 0 Å². The van der Waals surface area contributed by atoms with Gasteiger partial charge in [0.2, 0.25) is 5.95 Å². The number of nitrogens with one attached hydrogen (secondary N) is 1. The summed E-state index contributed by atoms with van der Waals surface area (Å²) in [5.41, 5.74) is 1.11. The first-order chi connectivity index (χ1) is 8.85. The number of H-pyrrole nitrogens is 1. The lowest BCUT2D eigenvalue weighted by atomic mass is 10.1. The normalized spacial score (nSPS) is 11.8. The molecular formula is C12H15ClN4O2. The Hall–Kier alpha value is -1.82. The Morgan fingerprint density at radius 2 is 2.21 bits per heavy atom. The highest BCUT2D eigenvalue weighted by Crippen LogP contribution is 2.25. The number of alkyl halides is 1. The van der Waals surface area contributed by atoms with E-state index < -0.39 is 4.92 Å². The molecule has 1 aromatic carbocycles. The van der Waals surface area contributed by atoms with Crippen LogP contribution >= 0.6 is 11.6 Å². The molecule has 0 bridgehead atoms. The van der Waals surface area contributed by atoms with Gasteiger partial charge >= 0.3 is 0 Å². The number of anilines is 1. The van der Waals surface area contributed by atoms with E-state index in [1.807, 2.05) is 25.8 Å². The van der Waals surface area contributed by atoms with Crippen LogP contribution in [-0.4, -0.2) is 33.4 Å². The number of rotatable bonds is 4. The van der Waals surface area contributed by atoms with Crippen molar-refractivity contribution in [1.29, 1.82) is 0 Å². The molecule has 0 radical (unpaired) electrons. The smallest absolute Gasteiger partial charge is 0.271 e. The summed E-state index contributed by atoms with van der Waals surface area (Å²) in [5, 5.41) is 10.7. The molecule has 19 heavy (non-hydrogen) atoms. The van der Waals surface area contributed by atoms with Crippen LogP contribution in [0, 0.1) is 10.1 Å². The number of fused-ring (bicyclic) bond motifs is 1. The van der Waals surface area contributed by atoms with Gasteiger partial charge in [-0.2, -0.15) is 0 Å². The van der Waals surface area contributed by atoms with E-state index in [1.165, 1.54) is 12.1 Å². The zero-order chi connectivity index (χ0) is 14.2. The summed E-state index contributed by atoms with van der Waals surface area (Å²) in [7, 11) is 1.88. The van der Waals surface area contributed by atoms with Crippen molar-refractivity contribution in [3.05, 3.63) is 28.3 Å². The van der Waals surface area contributed by atoms with Crippen molar-refractivity contribution in [2.75, 3.05) is 17.8 Å². The van der Waals surface area contributed by atoms with Crippen molar-refractivity contribution in [1.82, 2.24) is 9.97 Å². The predicted molar refractivity (Wildman–Crippen MR) is 76.0 cm³/mol. The van der Waals surface area contributed by atoms with Crippen molar-refractivity contribution in [2.24, 2.45) is 0 Å². The number of hydrogen-bond acceptors (Lipinski definition) is 4. The van der Waals surface area contributed by atoms with Gasteiger partial charge in [-0.15, -0.1) is 11.6 Å². The Labute approximate surface area is 115 Å². The summed E-state index contributed by atoms with van der Waals surface area (Å²) >= 11 is 5.93.